The van der Waals surface area contributed by atoms with E-state index in [2.05, 4.69) is 5.32 Å². The van der Waals surface area contributed by atoms with Crippen molar-refractivity contribution in [1.29, 1.82) is 5.26 Å². The van der Waals surface area contributed by atoms with E-state index < -0.39 is 0 Å². The smallest absolute Gasteiger partial charge is 0.317 e. The Morgan fingerprint density at radius 3 is 2.55 bits per heavy atom. The molecule has 116 valence electrons. The Morgan fingerprint density at radius 1 is 1.23 bits per heavy atom. The maximum absolute atomic E-state index is 12.4. The second-order valence-electron chi connectivity index (χ2n) is 5.20. The van der Waals surface area contributed by atoms with Gasteiger partial charge in [-0.3, -0.25) is 4.79 Å². The highest BCUT2D eigenvalue weighted by Gasteiger charge is 2.24. The zero-order valence-electron chi connectivity index (χ0n) is 12.7. The largest absolute Gasteiger partial charge is 0.338 e. The second-order valence-corrected chi connectivity index (χ2v) is 5.20. The number of carbonyl (C=O) groups excluding carboxylic acids is 2. The Kier molecular flexibility index (Phi) is 5.37. The first kappa shape index (κ1) is 15.8. The van der Waals surface area contributed by atoms with Gasteiger partial charge in [0, 0.05) is 38.3 Å². The van der Waals surface area contributed by atoms with Gasteiger partial charge >= 0.3 is 6.03 Å². The van der Waals surface area contributed by atoms with Gasteiger partial charge < -0.3 is 15.1 Å². The monoisotopic (exact) mass is 300 g/mol. The maximum atomic E-state index is 12.4. The number of nitrogens with zero attached hydrogens (tertiary/aromatic N) is 3. The Bertz CT molecular complexity index is 586. The average Bonchev–Trinajstić information content (AvgIpc) is 2.59. The lowest BCUT2D eigenvalue weighted by atomic mass is 10.1. The van der Waals surface area contributed by atoms with Gasteiger partial charge in [0.15, 0.2) is 0 Å². The van der Waals surface area contributed by atoms with Crippen molar-refractivity contribution in [2.24, 2.45) is 0 Å². The normalized spacial score (nSPS) is 14.4. The van der Waals surface area contributed by atoms with Crippen LogP contribution in [0.25, 0.3) is 0 Å². The minimum Gasteiger partial charge on any atom is -0.338 e. The van der Waals surface area contributed by atoms with Crippen LogP contribution in [0.1, 0.15) is 29.3 Å². The Morgan fingerprint density at radius 2 is 1.91 bits per heavy atom. The third-order valence-electron chi connectivity index (χ3n) is 3.62. The maximum Gasteiger partial charge on any atom is 0.317 e. The summed E-state index contributed by atoms with van der Waals surface area (Å²) < 4.78 is 0. The summed E-state index contributed by atoms with van der Waals surface area (Å²) in [6, 6.07) is 8.66. The van der Waals surface area contributed by atoms with Gasteiger partial charge in [-0.05, 0) is 24.6 Å². The summed E-state index contributed by atoms with van der Waals surface area (Å²) in [5.74, 6) is -0.0919. The number of benzene rings is 1. The van der Waals surface area contributed by atoms with Crippen molar-refractivity contribution in [1.82, 2.24) is 15.1 Å². The standard InChI is InChI=1S/C16H20N4O2/c1-2-6-18-16(22)20-9-7-19(8-10-20)15(21)14-5-3-4-13(11-14)12-17/h3-5,11H,2,6-10H2,1H3,(H,18,22). The summed E-state index contributed by atoms with van der Waals surface area (Å²) in [6.07, 6.45) is 0.902. The first-order valence-corrected chi connectivity index (χ1v) is 7.48. The molecule has 6 nitrogen and oxygen atoms in total. The van der Waals surface area contributed by atoms with Crippen LogP contribution >= 0.6 is 0 Å². The fraction of sp³-hybridized carbons (Fsp3) is 0.438. The molecule has 0 aliphatic carbocycles. The zero-order valence-corrected chi connectivity index (χ0v) is 12.7. The Balaban J connectivity index is 1.92. The summed E-state index contributed by atoms with van der Waals surface area (Å²) in [5, 5.41) is 11.7. The molecule has 22 heavy (non-hydrogen) atoms. The molecule has 1 aromatic carbocycles. The molecule has 0 atom stereocenters. The summed E-state index contributed by atoms with van der Waals surface area (Å²) in [6.45, 7) is 4.74. The van der Waals surface area contributed by atoms with E-state index in [1.165, 1.54) is 0 Å². The predicted molar refractivity (Wildman–Crippen MR) is 82.3 cm³/mol. The van der Waals surface area contributed by atoms with Crippen LogP contribution in [0.3, 0.4) is 0 Å². The lowest BCUT2D eigenvalue weighted by molar-refractivity contribution is 0.0665. The van der Waals surface area contributed by atoms with E-state index in [1.807, 2.05) is 13.0 Å². The molecule has 0 unspecified atom stereocenters. The minimum atomic E-state index is -0.0919. The fourth-order valence-corrected chi connectivity index (χ4v) is 2.36. The van der Waals surface area contributed by atoms with Crippen molar-refractivity contribution in [2.45, 2.75) is 13.3 Å². The number of nitriles is 1. The summed E-state index contributed by atoms with van der Waals surface area (Å²) in [4.78, 5) is 27.7. The summed E-state index contributed by atoms with van der Waals surface area (Å²) in [7, 11) is 0. The SMILES string of the molecule is CCCNC(=O)N1CCN(C(=O)c2cccc(C#N)c2)CC1. The van der Waals surface area contributed by atoms with Gasteiger partial charge in [-0.1, -0.05) is 13.0 Å². The van der Waals surface area contributed by atoms with Gasteiger partial charge in [0.05, 0.1) is 11.6 Å². The number of piperazine rings is 1. The molecular weight excluding hydrogens is 280 g/mol. The van der Waals surface area contributed by atoms with Gasteiger partial charge in [0.1, 0.15) is 0 Å². The Labute approximate surface area is 130 Å². The number of urea groups is 1. The first-order valence-electron chi connectivity index (χ1n) is 7.48. The van der Waals surface area contributed by atoms with Crippen molar-refractivity contribution in [3.8, 4) is 6.07 Å². The highest BCUT2D eigenvalue weighted by atomic mass is 16.2. The second kappa shape index (κ2) is 7.46. The van der Waals surface area contributed by atoms with Crippen molar-refractivity contribution in [3.05, 3.63) is 35.4 Å². The molecule has 1 aliphatic heterocycles. The lowest BCUT2D eigenvalue weighted by Crippen LogP contribution is -2.53. The minimum absolute atomic E-state index is 0.0690. The summed E-state index contributed by atoms with van der Waals surface area (Å²) >= 11 is 0. The number of rotatable bonds is 3. The van der Waals surface area contributed by atoms with E-state index >= 15 is 0 Å². The van der Waals surface area contributed by atoms with Crippen molar-refractivity contribution in [2.75, 3.05) is 32.7 Å². The Hall–Kier alpha value is -2.55. The van der Waals surface area contributed by atoms with Gasteiger partial charge in [0.2, 0.25) is 0 Å². The van der Waals surface area contributed by atoms with Crippen LogP contribution in [0.5, 0.6) is 0 Å². The molecule has 1 aliphatic rings. The van der Waals surface area contributed by atoms with Crippen LogP contribution in [0, 0.1) is 11.3 Å². The van der Waals surface area contributed by atoms with Crippen molar-refractivity contribution in [3.63, 3.8) is 0 Å². The first-order chi connectivity index (χ1) is 10.7. The molecule has 0 radical (unpaired) electrons. The molecule has 6 heteroatoms. The molecule has 2 rings (SSSR count). The van der Waals surface area contributed by atoms with Gasteiger partial charge in [0.25, 0.3) is 5.91 Å². The molecule has 0 saturated carbocycles. The molecule has 1 saturated heterocycles. The number of hydrogen-bond donors (Lipinski definition) is 1. The van der Waals surface area contributed by atoms with Crippen LogP contribution in [0.15, 0.2) is 24.3 Å². The fourth-order valence-electron chi connectivity index (χ4n) is 2.36. The lowest BCUT2D eigenvalue weighted by Gasteiger charge is -2.34. The highest BCUT2D eigenvalue weighted by molar-refractivity contribution is 5.94. The van der Waals surface area contributed by atoms with E-state index in [0.717, 1.165) is 6.42 Å². The van der Waals surface area contributed by atoms with Crippen molar-refractivity contribution < 1.29 is 9.59 Å². The molecule has 0 aromatic heterocycles. The van der Waals surface area contributed by atoms with Crippen LogP contribution < -0.4 is 5.32 Å². The van der Waals surface area contributed by atoms with Crippen LogP contribution in [0.4, 0.5) is 4.79 Å². The van der Waals surface area contributed by atoms with Crippen LogP contribution in [0.2, 0.25) is 0 Å². The number of amides is 3. The third-order valence-corrected chi connectivity index (χ3v) is 3.62. The van der Waals surface area contributed by atoms with E-state index in [-0.39, 0.29) is 11.9 Å². The topological polar surface area (TPSA) is 76.4 Å². The number of hydrogen-bond acceptors (Lipinski definition) is 3. The molecular formula is C16H20N4O2. The molecule has 0 spiro atoms. The molecule has 1 aromatic rings. The molecule has 1 fully saturated rings. The molecule has 3 amide bonds. The number of nitrogens with one attached hydrogen (secondary N) is 1. The molecule has 0 bridgehead atoms. The zero-order chi connectivity index (χ0) is 15.9. The average molecular weight is 300 g/mol. The van der Waals surface area contributed by atoms with Gasteiger partial charge in [-0.25, -0.2) is 4.79 Å². The molecule has 1 heterocycles. The van der Waals surface area contributed by atoms with E-state index in [4.69, 9.17) is 5.26 Å². The highest BCUT2D eigenvalue weighted by Crippen LogP contribution is 2.11. The van der Waals surface area contributed by atoms with E-state index in [0.29, 0.717) is 43.9 Å². The van der Waals surface area contributed by atoms with Crippen LogP contribution in [-0.2, 0) is 0 Å². The van der Waals surface area contributed by atoms with E-state index in [9.17, 15) is 9.59 Å². The third kappa shape index (κ3) is 3.76. The predicted octanol–water partition coefficient (Wildman–Crippen LogP) is 1.44. The van der Waals surface area contributed by atoms with Crippen molar-refractivity contribution >= 4 is 11.9 Å². The quantitative estimate of drug-likeness (QED) is 0.917. The summed E-state index contributed by atoms with van der Waals surface area (Å²) in [5.41, 5.74) is 0.992. The van der Waals surface area contributed by atoms with Gasteiger partial charge in [-0.15, -0.1) is 0 Å². The van der Waals surface area contributed by atoms with Gasteiger partial charge in [-0.2, -0.15) is 5.26 Å². The van der Waals surface area contributed by atoms with Crippen LogP contribution in [-0.4, -0.2) is 54.5 Å². The van der Waals surface area contributed by atoms with E-state index in [1.54, 1.807) is 34.1 Å². The number of carbonyl (C=O) groups is 2. The molecule has 1 N–H and O–H groups in total.